The van der Waals surface area contributed by atoms with E-state index in [4.69, 9.17) is 23.2 Å². The van der Waals surface area contributed by atoms with Crippen molar-refractivity contribution in [1.82, 2.24) is 20.1 Å². The Morgan fingerprint density at radius 3 is 2.57 bits per heavy atom. The fourth-order valence-electron chi connectivity index (χ4n) is 2.71. The SMILES string of the molecule is CNC(=O)C(=O)c1cc(Cl)cc(C)c1NC(=O)c1cc(Br)nn1-c1ncccc1Cl. The standard InChI is InChI=1S/C19H14BrCl2N5O3/c1-9-6-10(21)7-11(16(28)19(30)23-2)15(9)25-18(29)13-8-14(20)26-27(13)17-12(22)4-3-5-24-17/h3-8H,1-2H3,(H,23,30)(H,25,29). The second-order valence-corrected chi connectivity index (χ2v) is 7.74. The van der Waals surface area contributed by atoms with Crippen LogP contribution >= 0.6 is 39.1 Å². The lowest BCUT2D eigenvalue weighted by Gasteiger charge is -2.14. The molecule has 11 heteroatoms. The van der Waals surface area contributed by atoms with E-state index in [0.29, 0.717) is 15.2 Å². The van der Waals surface area contributed by atoms with Gasteiger partial charge in [0.05, 0.1) is 16.3 Å². The second kappa shape index (κ2) is 8.95. The maximum atomic E-state index is 13.1. The van der Waals surface area contributed by atoms with E-state index in [2.05, 4.69) is 36.6 Å². The van der Waals surface area contributed by atoms with Crippen LogP contribution in [0.3, 0.4) is 0 Å². The number of carbonyl (C=O) groups is 3. The minimum Gasteiger partial charge on any atom is -0.352 e. The summed E-state index contributed by atoms with van der Waals surface area (Å²) in [5.74, 6) is -2.00. The van der Waals surface area contributed by atoms with Crippen LogP contribution in [0.1, 0.15) is 26.4 Å². The normalized spacial score (nSPS) is 10.6. The third-order valence-corrected chi connectivity index (χ3v) is 4.97. The first-order chi connectivity index (χ1) is 14.2. The minimum absolute atomic E-state index is 0.0336. The topological polar surface area (TPSA) is 106 Å². The maximum absolute atomic E-state index is 13.1. The van der Waals surface area contributed by atoms with Crippen molar-refractivity contribution in [3.05, 3.63) is 68.0 Å². The molecule has 0 atom stereocenters. The Hall–Kier alpha value is -2.75. The molecular weight excluding hydrogens is 497 g/mol. The van der Waals surface area contributed by atoms with Crippen molar-refractivity contribution in [2.24, 2.45) is 0 Å². The zero-order chi connectivity index (χ0) is 22.0. The van der Waals surface area contributed by atoms with Crippen LogP contribution in [0.5, 0.6) is 0 Å². The molecule has 0 radical (unpaired) electrons. The number of nitrogens with one attached hydrogen (secondary N) is 2. The summed E-state index contributed by atoms with van der Waals surface area (Å²) in [6, 6.07) is 7.64. The predicted molar refractivity (Wildman–Crippen MR) is 117 cm³/mol. The number of benzene rings is 1. The summed E-state index contributed by atoms with van der Waals surface area (Å²) in [7, 11) is 1.34. The number of nitrogens with zero attached hydrogens (tertiary/aromatic N) is 3. The molecule has 0 saturated heterocycles. The lowest BCUT2D eigenvalue weighted by atomic mass is 10.0. The molecule has 154 valence electrons. The number of halogens is 3. The summed E-state index contributed by atoms with van der Waals surface area (Å²) in [5.41, 5.74) is 0.738. The van der Waals surface area contributed by atoms with Gasteiger partial charge in [0.15, 0.2) is 5.82 Å². The van der Waals surface area contributed by atoms with E-state index in [1.54, 1.807) is 25.1 Å². The number of rotatable bonds is 5. The monoisotopic (exact) mass is 509 g/mol. The number of aromatic nitrogens is 3. The van der Waals surface area contributed by atoms with Gasteiger partial charge in [-0.25, -0.2) is 9.67 Å². The fourth-order valence-corrected chi connectivity index (χ4v) is 3.56. The number of anilines is 1. The number of hydrogen-bond donors (Lipinski definition) is 2. The smallest absolute Gasteiger partial charge is 0.292 e. The Labute approximate surface area is 189 Å². The highest BCUT2D eigenvalue weighted by Gasteiger charge is 2.24. The van der Waals surface area contributed by atoms with Crippen molar-refractivity contribution in [2.45, 2.75) is 6.92 Å². The summed E-state index contributed by atoms with van der Waals surface area (Å²) >= 11 is 15.5. The number of Topliss-reactive ketones (excluding diaryl/α,β-unsaturated/α-hetero) is 1. The largest absolute Gasteiger partial charge is 0.352 e. The molecule has 3 rings (SSSR count). The first-order valence-corrected chi connectivity index (χ1v) is 10.0. The van der Waals surface area contributed by atoms with Crippen LogP contribution in [0.2, 0.25) is 10.0 Å². The van der Waals surface area contributed by atoms with Crippen molar-refractivity contribution in [3.63, 3.8) is 0 Å². The van der Waals surface area contributed by atoms with Gasteiger partial charge in [-0.1, -0.05) is 23.2 Å². The Bertz CT molecular complexity index is 1180. The van der Waals surface area contributed by atoms with Crippen LogP contribution in [-0.2, 0) is 4.79 Å². The van der Waals surface area contributed by atoms with E-state index in [-0.39, 0.29) is 27.8 Å². The highest BCUT2D eigenvalue weighted by Crippen LogP contribution is 2.28. The molecular formula is C19H14BrCl2N5O3. The van der Waals surface area contributed by atoms with Crippen molar-refractivity contribution in [3.8, 4) is 5.82 Å². The highest BCUT2D eigenvalue weighted by atomic mass is 79.9. The van der Waals surface area contributed by atoms with Gasteiger partial charge in [0, 0.05) is 24.3 Å². The molecule has 3 aromatic rings. The lowest BCUT2D eigenvalue weighted by molar-refractivity contribution is -0.116. The molecule has 0 aliphatic carbocycles. The number of carbonyl (C=O) groups excluding carboxylic acids is 3. The van der Waals surface area contributed by atoms with Gasteiger partial charge in [0.1, 0.15) is 10.3 Å². The molecule has 2 amide bonds. The predicted octanol–water partition coefficient (Wildman–Crippen LogP) is 3.83. The molecule has 0 aliphatic heterocycles. The summed E-state index contributed by atoms with van der Waals surface area (Å²) in [4.78, 5) is 41.6. The number of ketones is 1. The lowest BCUT2D eigenvalue weighted by Crippen LogP contribution is -2.29. The first-order valence-electron chi connectivity index (χ1n) is 8.47. The second-order valence-electron chi connectivity index (χ2n) is 6.08. The molecule has 0 fully saturated rings. The van der Waals surface area contributed by atoms with Crippen LogP contribution in [0.4, 0.5) is 5.69 Å². The summed E-state index contributed by atoms with van der Waals surface area (Å²) in [6.45, 7) is 1.66. The number of hydrogen-bond acceptors (Lipinski definition) is 5. The summed E-state index contributed by atoms with van der Waals surface area (Å²) in [6.07, 6.45) is 1.52. The van der Waals surface area contributed by atoms with E-state index >= 15 is 0 Å². The van der Waals surface area contributed by atoms with Crippen molar-refractivity contribution in [2.75, 3.05) is 12.4 Å². The van der Waals surface area contributed by atoms with Crippen LogP contribution in [0, 0.1) is 6.92 Å². The van der Waals surface area contributed by atoms with Crippen LogP contribution in [0.15, 0.2) is 41.1 Å². The first kappa shape index (κ1) is 21.9. The summed E-state index contributed by atoms with van der Waals surface area (Å²) < 4.78 is 1.65. The molecule has 0 aliphatic rings. The number of likely N-dealkylation sites (N-methyl/N-ethyl adjacent to an activating group) is 1. The Balaban J connectivity index is 2.06. The van der Waals surface area contributed by atoms with Crippen molar-refractivity contribution < 1.29 is 14.4 Å². The van der Waals surface area contributed by atoms with E-state index in [9.17, 15) is 14.4 Å². The van der Waals surface area contributed by atoms with Crippen LogP contribution in [0.25, 0.3) is 5.82 Å². The Morgan fingerprint density at radius 1 is 1.17 bits per heavy atom. The van der Waals surface area contributed by atoms with E-state index in [1.165, 1.54) is 30.1 Å². The quantitative estimate of drug-likeness (QED) is 0.401. The average molecular weight is 511 g/mol. The molecule has 0 unspecified atom stereocenters. The van der Waals surface area contributed by atoms with Crippen LogP contribution < -0.4 is 10.6 Å². The van der Waals surface area contributed by atoms with Crippen molar-refractivity contribution >= 4 is 62.4 Å². The Morgan fingerprint density at radius 2 is 1.90 bits per heavy atom. The van der Waals surface area contributed by atoms with Crippen LogP contribution in [-0.4, -0.2) is 39.4 Å². The Kier molecular flexibility index (Phi) is 6.55. The van der Waals surface area contributed by atoms with Gasteiger partial charge in [-0.05, 0) is 52.7 Å². The fraction of sp³-hybridized carbons (Fsp3) is 0.105. The van der Waals surface area contributed by atoms with Gasteiger partial charge in [-0.2, -0.15) is 5.10 Å². The molecule has 2 aromatic heterocycles. The number of amides is 2. The molecule has 1 aromatic carbocycles. The number of aryl methyl sites for hydroxylation is 1. The third-order valence-electron chi connectivity index (χ3n) is 4.07. The van der Waals surface area contributed by atoms with E-state index < -0.39 is 17.6 Å². The van der Waals surface area contributed by atoms with Crippen molar-refractivity contribution in [1.29, 1.82) is 0 Å². The zero-order valence-corrected chi connectivity index (χ0v) is 18.8. The number of pyridine rings is 1. The van der Waals surface area contributed by atoms with Gasteiger partial charge >= 0.3 is 0 Å². The molecule has 0 bridgehead atoms. The van der Waals surface area contributed by atoms with Gasteiger partial charge in [0.25, 0.3) is 17.6 Å². The average Bonchev–Trinajstić information content (AvgIpc) is 3.10. The third kappa shape index (κ3) is 4.38. The molecule has 2 heterocycles. The van der Waals surface area contributed by atoms with Gasteiger partial charge in [-0.3, -0.25) is 14.4 Å². The molecule has 0 spiro atoms. The molecule has 8 nitrogen and oxygen atoms in total. The maximum Gasteiger partial charge on any atom is 0.292 e. The highest BCUT2D eigenvalue weighted by molar-refractivity contribution is 9.10. The van der Waals surface area contributed by atoms with E-state index in [0.717, 1.165) is 0 Å². The van der Waals surface area contributed by atoms with Gasteiger partial charge in [-0.15, -0.1) is 0 Å². The molecule has 30 heavy (non-hydrogen) atoms. The van der Waals surface area contributed by atoms with Gasteiger partial charge < -0.3 is 10.6 Å². The van der Waals surface area contributed by atoms with Gasteiger partial charge in [0.2, 0.25) is 0 Å². The summed E-state index contributed by atoms with van der Waals surface area (Å²) in [5, 5.41) is 9.70. The van der Waals surface area contributed by atoms with E-state index in [1.807, 2.05) is 0 Å². The zero-order valence-electron chi connectivity index (χ0n) is 15.7. The molecule has 0 saturated carbocycles. The molecule has 2 N–H and O–H groups in total. The minimum atomic E-state index is -0.833.